The first-order valence-corrected chi connectivity index (χ1v) is 18.2. The lowest BCUT2D eigenvalue weighted by Crippen LogP contribution is -2.30. The Morgan fingerprint density at radius 1 is 0.942 bits per heavy atom. The molecule has 0 bridgehead atoms. The van der Waals surface area contributed by atoms with E-state index >= 15 is 0 Å². The number of carbonyl (C=O) groups excluding carboxylic acids is 5. The van der Waals surface area contributed by atoms with Gasteiger partial charge in [-0.2, -0.15) is 0 Å². The molecule has 1 fully saturated rings. The standard InChI is InChI=1S/C38H38N2O10S2/c1-6-30(41)48-24(4)21-47-32(43)16-15-31(42)46-18-17-25-7-13-28(14-8-25)49-36(44)26-9-11-27(12-10-26)37(45)50-33-22(2)19-23(3)34-35(33)52-38(51-34)29(20-39)40-5/h6-8,13-14,19,24,26-27H,1,9-12,15-18,21H2,2-4H3/b38-29+. The highest BCUT2D eigenvalue weighted by Crippen LogP contribution is 2.58. The van der Waals surface area contributed by atoms with Crippen LogP contribution in [-0.2, 0) is 44.6 Å². The molecule has 0 aromatic heterocycles. The van der Waals surface area contributed by atoms with E-state index in [-0.39, 0.29) is 55.5 Å². The maximum absolute atomic E-state index is 13.3. The number of fused-ring (bicyclic) bond motifs is 1. The van der Waals surface area contributed by atoms with Crippen LogP contribution in [0.3, 0.4) is 0 Å². The van der Waals surface area contributed by atoms with Crippen molar-refractivity contribution in [2.24, 2.45) is 11.8 Å². The van der Waals surface area contributed by atoms with E-state index in [0.717, 1.165) is 32.6 Å². The van der Waals surface area contributed by atoms with Gasteiger partial charge in [-0.25, -0.2) is 14.9 Å². The van der Waals surface area contributed by atoms with E-state index in [4.69, 9.17) is 30.3 Å². The topological polar surface area (TPSA) is 160 Å². The smallest absolute Gasteiger partial charge is 0.330 e. The second-order valence-electron chi connectivity index (χ2n) is 12.2. The van der Waals surface area contributed by atoms with Crippen LogP contribution in [0.5, 0.6) is 11.5 Å². The normalized spacial score (nSPS) is 17.6. The van der Waals surface area contributed by atoms with Gasteiger partial charge in [-0.1, -0.05) is 48.3 Å². The Labute approximate surface area is 310 Å². The first-order valence-electron chi connectivity index (χ1n) is 16.6. The second-order valence-corrected chi connectivity index (χ2v) is 14.5. The van der Waals surface area contributed by atoms with Crippen LogP contribution >= 0.6 is 23.5 Å². The number of thioether (sulfide) groups is 2. The molecule has 0 radical (unpaired) electrons. The van der Waals surface area contributed by atoms with Crippen molar-refractivity contribution in [2.45, 2.75) is 81.6 Å². The van der Waals surface area contributed by atoms with Crippen molar-refractivity contribution < 1.29 is 47.7 Å². The minimum atomic E-state index is -0.642. The van der Waals surface area contributed by atoms with Gasteiger partial charge in [-0.15, -0.1) is 0 Å². The number of nitrogens with zero attached hydrogens (tertiary/aromatic N) is 2. The zero-order valence-corrected chi connectivity index (χ0v) is 30.7. The van der Waals surface area contributed by atoms with Crippen LogP contribution in [0.2, 0.25) is 0 Å². The molecule has 0 N–H and O–H groups in total. The molecule has 1 aliphatic heterocycles. The van der Waals surface area contributed by atoms with Gasteiger partial charge in [0.1, 0.15) is 24.2 Å². The minimum Gasteiger partial charge on any atom is -0.465 e. The molecule has 2 aromatic carbocycles. The summed E-state index contributed by atoms with van der Waals surface area (Å²) in [5.74, 6) is -2.44. The summed E-state index contributed by atoms with van der Waals surface area (Å²) in [4.78, 5) is 66.1. The molecule has 0 spiro atoms. The summed E-state index contributed by atoms with van der Waals surface area (Å²) in [6.45, 7) is 15.9. The van der Waals surface area contributed by atoms with Gasteiger partial charge >= 0.3 is 29.8 Å². The van der Waals surface area contributed by atoms with Gasteiger partial charge in [-0.05, 0) is 75.3 Å². The SMILES string of the molecule is [C-]#[N+]/C(C#N)=C1\Sc2c(C)cc(C)c(OC(=O)C3CCC(C(=O)Oc4ccc(CCOC(=O)CCC(=O)OCC(C)OC(=O)C=C)cc4)CC3)c2S1. The van der Waals surface area contributed by atoms with Crippen LogP contribution in [0.1, 0.15) is 62.1 Å². The van der Waals surface area contributed by atoms with Crippen molar-refractivity contribution in [3.05, 3.63) is 81.0 Å². The predicted octanol–water partition coefficient (Wildman–Crippen LogP) is 6.96. The molecule has 14 heteroatoms. The number of ether oxygens (including phenoxy) is 5. The van der Waals surface area contributed by atoms with Gasteiger partial charge in [0.25, 0.3) is 5.70 Å². The third kappa shape index (κ3) is 11.0. The predicted molar refractivity (Wildman–Crippen MR) is 191 cm³/mol. The highest BCUT2D eigenvalue weighted by atomic mass is 32.2. The molecule has 4 rings (SSSR count). The van der Waals surface area contributed by atoms with Gasteiger partial charge in [0.05, 0.1) is 53.1 Å². The molecule has 1 unspecified atom stereocenters. The Balaban J connectivity index is 1.17. The van der Waals surface area contributed by atoms with Crippen LogP contribution in [-0.4, -0.2) is 49.2 Å². The molecule has 272 valence electrons. The molecule has 12 nitrogen and oxygen atoms in total. The molecule has 1 aliphatic carbocycles. The number of aryl methyl sites for hydroxylation is 2. The Kier molecular flexibility index (Phi) is 14.5. The number of esters is 5. The quantitative estimate of drug-likeness (QED) is 0.0488. The van der Waals surface area contributed by atoms with E-state index in [9.17, 15) is 29.2 Å². The number of rotatable bonds is 14. The van der Waals surface area contributed by atoms with Crippen LogP contribution < -0.4 is 9.47 Å². The van der Waals surface area contributed by atoms with Crippen molar-refractivity contribution in [1.82, 2.24) is 0 Å². The second kappa shape index (κ2) is 19.0. The lowest BCUT2D eigenvalue weighted by Gasteiger charge is -2.26. The molecule has 1 saturated carbocycles. The largest absolute Gasteiger partial charge is 0.465 e. The maximum atomic E-state index is 13.3. The molecular formula is C38H38N2O10S2. The third-order valence-electron chi connectivity index (χ3n) is 8.25. The lowest BCUT2D eigenvalue weighted by molar-refractivity contribution is -0.156. The summed E-state index contributed by atoms with van der Waals surface area (Å²) in [6, 6.07) is 10.7. The Hall–Kier alpha value is -5.05. The Morgan fingerprint density at radius 3 is 2.13 bits per heavy atom. The van der Waals surface area contributed by atoms with Gasteiger partial charge in [-0.3, -0.25) is 19.2 Å². The fourth-order valence-electron chi connectivity index (χ4n) is 5.48. The molecule has 1 atom stereocenters. The molecule has 52 heavy (non-hydrogen) atoms. The average molecular weight is 747 g/mol. The van der Waals surface area contributed by atoms with Crippen LogP contribution in [0.25, 0.3) is 4.85 Å². The molecule has 2 aromatic rings. The highest BCUT2D eigenvalue weighted by molar-refractivity contribution is 8.24. The number of nitriles is 1. The summed E-state index contributed by atoms with van der Waals surface area (Å²) >= 11 is 2.62. The first-order chi connectivity index (χ1) is 24.9. The zero-order chi connectivity index (χ0) is 37.8. The fourth-order valence-corrected chi connectivity index (χ4v) is 8.09. The van der Waals surface area contributed by atoms with Crippen LogP contribution in [0.4, 0.5) is 0 Å². The Morgan fingerprint density at radius 2 is 1.54 bits per heavy atom. The molecule has 2 aliphatic rings. The number of carbonyl (C=O) groups is 5. The van der Waals surface area contributed by atoms with Crippen molar-refractivity contribution in [3.63, 3.8) is 0 Å². The van der Waals surface area contributed by atoms with Gasteiger partial charge in [0.2, 0.25) is 0 Å². The monoisotopic (exact) mass is 746 g/mol. The number of hydrogen-bond acceptors (Lipinski definition) is 13. The first kappa shape index (κ1) is 39.7. The molecule has 1 heterocycles. The third-order valence-corrected chi connectivity index (χ3v) is 11.0. The summed E-state index contributed by atoms with van der Waals surface area (Å²) in [5, 5.41) is 9.34. The minimum absolute atomic E-state index is 0.00879. The van der Waals surface area contributed by atoms with E-state index in [1.165, 1.54) is 23.5 Å². The number of allylic oxidation sites excluding steroid dienone is 1. The average Bonchev–Trinajstić information content (AvgIpc) is 3.58. The van der Waals surface area contributed by atoms with Crippen molar-refractivity contribution >= 4 is 53.4 Å². The summed E-state index contributed by atoms with van der Waals surface area (Å²) < 4.78 is 27.2. The number of benzene rings is 2. The van der Waals surface area contributed by atoms with Gasteiger partial charge < -0.3 is 23.7 Å². The van der Waals surface area contributed by atoms with Crippen molar-refractivity contribution in [1.29, 1.82) is 5.26 Å². The van der Waals surface area contributed by atoms with E-state index in [1.807, 2.05) is 26.0 Å². The van der Waals surface area contributed by atoms with Crippen LogP contribution in [0.15, 0.2) is 62.7 Å². The van der Waals surface area contributed by atoms with Crippen molar-refractivity contribution in [3.8, 4) is 17.6 Å². The van der Waals surface area contributed by atoms with E-state index < -0.39 is 24.0 Å². The maximum Gasteiger partial charge on any atom is 0.330 e. The van der Waals surface area contributed by atoms with E-state index in [2.05, 4.69) is 11.4 Å². The Bertz CT molecular complexity index is 1820. The zero-order valence-electron chi connectivity index (χ0n) is 29.1. The lowest BCUT2D eigenvalue weighted by atomic mass is 9.82. The molecule has 0 saturated heterocycles. The molecule has 0 amide bonds. The van der Waals surface area contributed by atoms with E-state index in [1.54, 1.807) is 31.2 Å². The van der Waals surface area contributed by atoms with Gasteiger partial charge in [0.15, 0.2) is 0 Å². The summed E-state index contributed by atoms with van der Waals surface area (Å²) in [6.07, 6.45) is 2.35. The van der Waals surface area contributed by atoms with Crippen molar-refractivity contribution in [2.75, 3.05) is 13.2 Å². The highest BCUT2D eigenvalue weighted by Gasteiger charge is 2.34. The van der Waals surface area contributed by atoms with Gasteiger partial charge in [0, 0.05) is 17.4 Å². The van der Waals surface area contributed by atoms with Crippen LogP contribution in [0, 0.1) is 43.6 Å². The fraction of sp³-hybridized carbons (Fsp3) is 0.395. The summed E-state index contributed by atoms with van der Waals surface area (Å²) in [7, 11) is 0. The molecular weight excluding hydrogens is 709 g/mol. The summed E-state index contributed by atoms with van der Waals surface area (Å²) in [5.41, 5.74) is 2.63. The number of hydrogen-bond donors (Lipinski definition) is 0. The van der Waals surface area contributed by atoms with E-state index in [0.29, 0.717) is 47.8 Å².